The van der Waals surface area contributed by atoms with Crippen LogP contribution in [0.5, 0.6) is 0 Å². The van der Waals surface area contributed by atoms with Gasteiger partial charge in [-0.2, -0.15) is 0 Å². The molecule has 0 aliphatic carbocycles. The van der Waals surface area contributed by atoms with Gasteiger partial charge in [0.05, 0.1) is 10.0 Å². The Morgan fingerprint density at radius 3 is 2.68 bits per heavy atom. The Hall–Kier alpha value is -1.43. The first-order valence-corrected chi connectivity index (χ1v) is 6.67. The lowest BCUT2D eigenvalue weighted by molar-refractivity contribution is -0.131. The van der Waals surface area contributed by atoms with Crippen molar-refractivity contribution in [2.75, 3.05) is 13.6 Å². The van der Waals surface area contributed by atoms with Crippen LogP contribution in [0.4, 0.5) is 4.39 Å². The molecule has 0 spiro atoms. The van der Waals surface area contributed by atoms with Gasteiger partial charge in [-0.3, -0.25) is 9.59 Å². The average molecular weight is 331 g/mol. The highest BCUT2D eigenvalue weighted by molar-refractivity contribution is 9.10. The number of benzene rings is 1. The second-order valence-electron chi connectivity index (χ2n) is 4.15. The van der Waals surface area contributed by atoms with Crippen molar-refractivity contribution in [3.63, 3.8) is 0 Å². The van der Waals surface area contributed by atoms with Crippen LogP contribution in [0.2, 0.25) is 0 Å². The highest BCUT2D eigenvalue weighted by Gasteiger charge is 2.21. The van der Waals surface area contributed by atoms with Crippen LogP contribution in [-0.2, 0) is 4.79 Å². The quantitative estimate of drug-likeness (QED) is 0.919. The van der Waals surface area contributed by atoms with Crippen LogP contribution in [0.3, 0.4) is 0 Å². The third kappa shape index (κ3) is 3.76. The van der Waals surface area contributed by atoms with E-state index in [0.29, 0.717) is 6.54 Å². The molecule has 104 valence electrons. The van der Waals surface area contributed by atoms with Gasteiger partial charge in [-0.15, -0.1) is 0 Å². The molecule has 1 aromatic carbocycles. The summed E-state index contributed by atoms with van der Waals surface area (Å²) in [4.78, 5) is 25.3. The van der Waals surface area contributed by atoms with E-state index in [9.17, 15) is 14.0 Å². The fourth-order valence-electron chi connectivity index (χ4n) is 1.50. The number of nitrogens with zero attached hydrogens (tertiary/aromatic N) is 1. The summed E-state index contributed by atoms with van der Waals surface area (Å²) in [6.07, 6.45) is 0. The maximum absolute atomic E-state index is 13.3. The molecule has 1 atom stereocenters. The van der Waals surface area contributed by atoms with Gasteiger partial charge < -0.3 is 10.2 Å². The van der Waals surface area contributed by atoms with E-state index in [1.165, 1.54) is 23.1 Å². The zero-order chi connectivity index (χ0) is 14.6. The van der Waals surface area contributed by atoms with Crippen molar-refractivity contribution >= 4 is 27.7 Å². The molecule has 2 amide bonds. The molecular formula is C13H16BrFN2O2. The lowest BCUT2D eigenvalue weighted by Gasteiger charge is -2.20. The number of nitrogens with one attached hydrogen (secondary N) is 1. The molecule has 19 heavy (non-hydrogen) atoms. The molecule has 1 aromatic rings. The van der Waals surface area contributed by atoms with Crippen LogP contribution in [0.1, 0.15) is 24.2 Å². The topological polar surface area (TPSA) is 49.4 Å². The molecule has 0 saturated heterocycles. The first-order valence-electron chi connectivity index (χ1n) is 5.88. The molecule has 6 heteroatoms. The molecule has 0 radical (unpaired) electrons. The number of likely N-dealkylation sites (N-methyl/N-ethyl adjacent to an activating group) is 1. The number of hydrogen-bond donors (Lipinski definition) is 1. The Kier molecular flexibility index (Phi) is 5.47. The van der Waals surface area contributed by atoms with Crippen LogP contribution in [0.25, 0.3) is 0 Å². The lowest BCUT2D eigenvalue weighted by Crippen LogP contribution is -2.45. The van der Waals surface area contributed by atoms with Crippen molar-refractivity contribution in [1.82, 2.24) is 10.2 Å². The number of amides is 2. The molecule has 0 fully saturated rings. The van der Waals surface area contributed by atoms with Gasteiger partial charge in [-0.25, -0.2) is 4.39 Å². The van der Waals surface area contributed by atoms with Gasteiger partial charge >= 0.3 is 0 Å². The number of hydrogen-bond acceptors (Lipinski definition) is 2. The van der Waals surface area contributed by atoms with Crippen molar-refractivity contribution < 1.29 is 14.0 Å². The van der Waals surface area contributed by atoms with Crippen LogP contribution in [0.15, 0.2) is 22.7 Å². The molecular weight excluding hydrogens is 315 g/mol. The van der Waals surface area contributed by atoms with Crippen molar-refractivity contribution in [1.29, 1.82) is 0 Å². The van der Waals surface area contributed by atoms with Gasteiger partial charge in [0.2, 0.25) is 5.91 Å². The number of carbonyl (C=O) groups excluding carboxylic acids is 2. The molecule has 0 saturated carbocycles. The number of rotatable bonds is 4. The van der Waals surface area contributed by atoms with E-state index in [-0.39, 0.29) is 15.9 Å². The van der Waals surface area contributed by atoms with Crippen LogP contribution < -0.4 is 5.32 Å². The third-order valence-electron chi connectivity index (χ3n) is 2.76. The first-order chi connectivity index (χ1) is 8.88. The molecule has 0 bridgehead atoms. The van der Waals surface area contributed by atoms with E-state index >= 15 is 0 Å². The minimum atomic E-state index is -0.660. The Morgan fingerprint density at radius 1 is 1.47 bits per heavy atom. The van der Waals surface area contributed by atoms with E-state index < -0.39 is 17.8 Å². The van der Waals surface area contributed by atoms with Crippen molar-refractivity contribution in [3.05, 3.63) is 34.1 Å². The van der Waals surface area contributed by atoms with Gasteiger partial charge in [0, 0.05) is 13.6 Å². The van der Waals surface area contributed by atoms with Crippen molar-refractivity contribution in [2.45, 2.75) is 19.9 Å². The highest BCUT2D eigenvalue weighted by atomic mass is 79.9. The molecule has 1 rings (SSSR count). The maximum atomic E-state index is 13.3. The Bertz CT molecular complexity index is 494. The normalized spacial score (nSPS) is 11.8. The summed E-state index contributed by atoms with van der Waals surface area (Å²) in [7, 11) is 1.66. The highest BCUT2D eigenvalue weighted by Crippen LogP contribution is 2.20. The predicted molar refractivity (Wildman–Crippen MR) is 74.3 cm³/mol. The second kappa shape index (κ2) is 6.65. The van der Waals surface area contributed by atoms with Gasteiger partial charge in [0.1, 0.15) is 11.9 Å². The summed E-state index contributed by atoms with van der Waals surface area (Å²) >= 11 is 3.02. The fourth-order valence-corrected chi connectivity index (χ4v) is 1.95. The molecule has 0 aliphatic rings. The summed E-state index contributed by atoms with van der Waals surface area (Å²) in [6.45, 7) is 4.00. The van der Waals surface area contributed by atoms with Crippen molar-refractivity contribution in [3.8, 4) is 0 Å². The molecule has 0 heterocycles. The van der Waals surface area contributed by atoms with E-state index in [1.807, 2.05) is 6.92 Å². The van der Waals surface area contributed by atoms with Gasteiger partial charge in [-0.1, -0.05) is 6.07 Å². The fraction of sp³-hybridized carbons (Fsp3) is 0.385. The van der Waals surface area contributed by atoms with Crippen LogP contribution in [0, 0.1) is 5.82 Å². The third-order valence-corrected chi connectivity index (χ3v) is 3.57. The van der Waals surface area contributed by atoms with Gasteiger partial charge in [0.15, 0.2) is 0 Å². The predicted octanol–water partition coefficient (Wildman–Crippen LogP) is 2.18. The minimum Gasteiger partial charge on any atom is -0.344 e. The smallest absolute Gasteiger partial charge is 0.253 e. The standard InChI is InChI=1S/C13H16BrFN2O2/c1-4-17(3)13(19)8(2)16-12(18)9-6-5-7-10(15)11(9)14/h5-8H,4H2,1-3H3,(H,16,18). The molecule has 0 aromatic heterocycles. The monoisotopic (exact) mass is 330 g/mol. The van der Waals surface area contributed by atoms with E-state index in [0.717, 1.165) is 0 Å². The second-order valence-corrected chi connectivity index (χ2v) is 4.94. The van der Waals surface area contributed by atoms with Crippen LogP contribution >= 0.6 is 15.9 Å². The summed E-state index contributed by atoms with van der Waals surface area (Å²) in [5, 5.41) is 2.55. The van der Waals surface area contributed by atoms with Gasteiger partial charge in [-0.05, 0) is 41.9 Å². The lowest BCUT2D eigenvalue weighted by atomic mass is 10.2. The Balaban J connectivity index is 2.80. The minimum absolute atomic E-state index is 0.0935. The zero-order valence-corrected chi connectivity index (χ0v) is 12.6. The number of halogens is 2. The average Bonchev–Trinajstić information content (AvgIpc) is 2.39. The van der Waals surface area contributed by atoms with Gasteiger partial charge in [0.25, 0.3) is 5.91 Å². The SMILES string of the molecule is CCN(C)C(=O)C(C)NC(=O)c1cccc(F)c1Br. The summed E-state index contributed by atoms with van der Waals surface area (Å²) < 4.78 is 13.4. The largest absolute Gasteiger partial charge is 0.344 e. The first kappa shape index (κ1) is 15.6. The van der Waals surface area contributed by atoms with E-state index in [1.54, 1.807) is 14.0 Å². The van der Waals surface area contributed by atoms with E-state index in [4.69, 9.17) is 0 Å². The van der Waals surface area contributed by atoms with Crippen molar-refractivity contribution in [2.24, 2.45) is 0 Å². The molecule has 1 unspecified atom stereocenters. The summed E-state index contributed by atoms with van der Waals surface area (Å²) in [6, 6.07) is 3.52. The summed E-state index contributed by atoms with van der Waals surface area (Å²) in [5.74, 6) is -1.20. The number of carbonyl (C=O) groups is 2. The molecule has 4 nitrogen and oxygen atoms in total. The summed E-state index contributed by atoms with van der Waals surface area (Å²) in [5.41, 5.74) is 0.166. The molecule has 1 N–H and O–H groups in total. The zero-order valence-electron chi connectivity index (χ0n) is 11.0. The Morgan fingerprint density at radius 2 is 2.11 bits per heavy atom. The Labute approximate surface area is 120 Å². The molecule has 0 aliphatic heterocycles. The maximum Gasteiger partial charge on any atom is 0.253 e. The van der Waals surface area contributed by atoms with Crippen LogP contribution in [-0.4, -0.2) is 36.3 Å². The van der Waals surface area contributed by atoms with E-state index in [2.05, 4.69) is 21.2 Å².